The maximum atomic E-state index is 12.8. The molecule has 0 aliphatic heterocycles. The molecule has 2 aromatic heterocycles. The molecule has 0 aliphatic rings. The first-order valence-electron chi connectivity index (χ1n) is 11.5. The van der Waals surface area contributed by atoms with Crippen molar-refractivity contribution < 1.29 is 9.59 Å². The normalized spacial score (nSPS) is 11.0. The molecular formula is C26H29N7O2. The second kappa shape index (κ2) is 10.3. The summed E-state index contributed by atoms with van der Waals surface area (Å²) < 4.78 is 3.54. The van der Waals surface area contributed by atoms with Gasteiger partial charge in [-0.3, -0.25) is 25.1 Å². The lowest BCUT2D eigenvalue weighted by Gasteiger charge is -2.08. The van der Waals surface area contributed by atoms with Crippen LogP contribution >= 0.6 is 0 Å². The molecular weight excluding hydrogens is 442 g/mol. The van der Waals surface area contributed by atoms with Gasteiger partial charge in [0.2, 0.25) is 11.7 Å². The predicted molar refractivity (Wildman–Crippen MR) is 133 cm³/mol. The highest BCUT2D eigenvalue weighted by molar-refractivity contribution is 5.92. The molecule has 0 atom stereocenters. The number of benzene rings is 2. The van der Waals surface area contributed by atoms with Crippen molar-refractivity contribution in [3.63, 3.8) is 0 Å². The van der Waals surface area contributed by atoms with Crippen LogP contribution in [0.3, 0.4) is 0 Å². The Morgan fingerprint density at radius 2 is 1.57 bits per heavy atom. The lowest BCUT2D eigenvalue weighted by molar-refractivity contribution is -0.121. The van der Waals surface area contributed by atoms with Crippen LogP contribution in [0, 0.1) is 19.8 Å². The lowest BCUT2D eigenvalue weighted by Crippen LogP contribution is -2.43. The van der Waals surface area contributed by atoms with Gasteiger partial charge >= 0.3 is 5.91 Å². The van der Waals surface area contributed by atoms with Crippen LogP contribution in [0.5, 0.6) is 0 Å². The maximum absolute atomic E-state index is 12.8. The van der Waals surface area contributed by atoms with Gasteiger partial charge in [0.1, 0.15) is 0 Å². The molecule has 0 saturated heterocycles. The van der Waals surface area contributed by atoms with Gasteiger partial charge in [0.25, 0.3) is 0 Å². The van der Waals surface area contributed by atoms with Crippen molar-refractivity contribution in [3.05, 3.63) is 83.4 Å². The summed E-state index contributed by atoms with van der Waals surface area (Å²) in [5.74, 6) is -0.0336. The average Bonchev–Trinajstić information content (AvgIpc) is 3.41. The van der Waals surface area contributed by atoms with Gasteiger partial charge in [-0.05, 0) is 31.9 Å². The van der Waals surface area contributed by atoms with Gasteiger partial charge in [-0.15, -0.1) is 5.10 Å². The zero-order chi connectivity index (χ0) is 24.9. The van der Waals surface area contributed by atoms with Crippen LogP contribution in [0.4, 0.5) is 0 Å². The van der Waals surface area contributed by atoms with Crippen LogP contribution in [0.2, 0.25) is 0 Å². The minimum atomic E-state index is -0.603. The Morgan fingerprint density at radius 3 is 2.23 bits per heavy atom. The standard InChI is InChI=1S/C26H29N7O2/c1-17(2)16-32-19(4)22(18(3)30-32)15-23(34)28-29-26(35)24-27-25(20-11-7-5-8-12-20)33(31-24)21-13-9-6-10-14-21/h5-14,17H,15-16H2,1-4H3,(H,28,34)(H,29,35). The molecule has 0 radical (unpaired) electrons. The van der Waals surface area contributed by atoms with Gasteiger partial charge in [0.15, 0.2) is 5.82 Å². The van der Waals surface area contributed by atoms with Gasteiger partial charge in [-0.2, -0.15) is 5.10 Å². The summed E-state index contributed by atoms with van der Waals surface area (Å²) >= 11 is 0. The van der Waals surface area contributed by atoms with Crippen LogP contribution in [0.1, 0.15) is 41.4 Å². The molecule has 0 bridgehead atoms. The molecule has 0 spiro atoms. The highest BCUT2D eigenvalue weighted by Gasteiger charge is 2.20. The van der Waals surface area contributed by atoms with Crippen molar-refractivity contribution in [1.29, 1.82) is 0 Å². The van der Waals surface area contributed by atoms with E-state index in [9.17, 15) is 9.59 Å². The molecule has 0 fully saturated rings. The number of hydrogen-bond acceptors (Lipinski definition) is 5. The lowest BCUT2D eigenvalue weighted by atomic mass is 10.1. The molecule has 2 aromatic carbocycles. The van der Waals surface area contributed by atoms with E-state index in [1.807, 2.05) is 79.2 Å². The molecule has 2 heterocycles. The molecule has 35 heavy (non-hydrogen) atoms. The highest BCUT2D eigenvalue weighted by atomic mass is 16.2. The third-order valence-corrected chi connectivity index (χ3v) is 5.57. The van der Waals surface area contributed by atoms with Gasteiger partial charge in [0.05, 0.1) is 17.8 Å². The van der Waals surface area contributed by atoms with E-state index in [2.05, 4.69) is 39.9 Å². The summed E-state index contributed by atoms with van der Waals surface area (Å²) in [6, 6.07) is 18.9. The zero-order valence-corrected chi connectivity index (χ0v) is 20.3. The first-order chi connectivity index (χ1) is 16.8. The topological polar surface area (TPSA) is 107 Å². The molecule has 180 valence electrons. The summed E-state index contributed by atoms with van der Waals surface area (Å²) in [5, 5.41) is 8.95. The molecule has 0 unspecified atom stereocenters. The first kappa shape index (κ1) is 23.9. The Labute approximate surface area is 204 Å². The van der Waals surface area contributed by atoms with E-state index in [4.69, 9.17) is 0 Å². The SMILES string of the molecule is Cc1nn(CC(C)C)c(C)c1CC(=O)NNC(=O)c1nc(-c2ccccc2)n(-c2ccccc2)n1. The third-order valence-electron chi connectivity index (χ3n) is 5.57. The van der Waals surface area contributed by atoms with Crippen LogP contribution in [0.25, 0.3) is 17.1 Å². The summed E-state index contributed by atoms with van der Waals surface area (Å²) in [5.41, 5.74) is 9.11. The van der Waals surface area contributed by atoms with E-state index in [1.165, 1.54) is 0 Å². The second-order valence-corrected chi connectivity index (χ2v) is 8.78. The quantitative estimate of drug-likeness (QED) is 0.402. The Morgan fingerprint density at radius 1 is 0.914 bits per heavy atom. The van der Waals surface area contributed by atoms with Crippen molar-refractivity contribution in [2.45, 2.75) is 40.7 Å². The second-order valence-electron chi connectivity index (χ2n) is 8.78. The predicted octanol–water partition coefficient (Wildman–Crippen LogP) is 3.41. The Hall–Kier alpha value is -4.27. The fourth-order valence-corrected chi connectivity index (χ4v) is 3.83. The fourth-order valence-electron chi connectivity index (χ4n) is 3.83. The summed E-state index contributed by atoms with van der Waals surface area (Å²) in [4.78, 5) is 29.9. The number of carbonyl (C=O) groups is 2. The summed E-state index contributed by atoms with van der Waals surface area (Å²) in [7, 11) is 0. The van der Waals surface area contributed by atoms with Crippen LogP contribution < -0.4 is 10.9 Å². The number of carbonyl (C=O) groups excluding carboxylic acids is 2. The molecule has 2 amide bonds. The molecule has 4 aromatic rings. The average molecular weight is 472 g/mol. The van der Waals surface area contributed by atoms with Crippen molar-refractivity contribution in [2.75, 3.05) is 0 Å². The van der Waals surface area contributed by atoms with Crippen LogP contribution in [-0.4, -0.2) is 36.4 Å². The van der Waals surface area contributed by atoms with Crippen molar-refractivity contribution >= 4 is 11.8 Å². The van der Waals surface area contributed by atoms with E-state index in [0.29, 0.717) is 11.7 Å². The Bertz CT molecular complexity index is 1270. The number of amides is 2. The number of nitrogens with zero attached hydrogens (tertiary/aromatic N) is 5. The van der Waals surface area contributed by atoms with E-state index in [0.717, 1.165) is 34.7 Å². The molecule has 0 saturated carbocycles. The number of aryl methyl sites for hydroxylation is 1. The molecule has 9 nitrogen and oxygen atoms in total. The number of nitrogens with one attached hydrogen (secondary N) is 2. The van der Waals surface area contributed by atoms with E-state index < -0.39 is 5.91 Å². The Kier molecular flexibility index (Phi) is 7.05. The minimum Gasteiger partial charge on any atom is -0.273 e. The number of rotatable bonds is 7. The molecule has 4 rings (SSSR count). The van der Waals surface area contributed by atoms with Gasteiger partial charge in [-0.25, -0.2) is 9.67 Å². The van der Waals surface area contributed by atoms with Gasteiger partial charge < -0.3 is 0 Å². The number of hydrazine groups is 1. The maximum Gasteiger partial charge on any atom is 0.309 e. The summed E-state index contributed by atoms with van der Waals surface area (Å²) in [6.45, 7) is 8.86. The van der Waals surface area contributed by atoms with Gasteiger partial charge in [-0.1, -0.05) is 62.4 Å². The third kappa shape index (κ3) is 5.46. The minimum absolute atomic E-state index is 0.0508. The van der Waals surface area contributed by atoms with Gasteiger partial charge in [0, 0.05) is 23.4 Å². The fraction of sp³-hybridized carbons (Fsp3) is 0.269. The monoisotopic (exact) mass is 471 g/mol. The first-order valence-corrected chi connectivity index (χ1v) is 11.5. The van der Waals surface area contributed by atoms with Crippen molar-refractivity contribution in [2.24, 2.45) is 5.92 Å². The van der Waals surface area contributed by atoms with E-state index in [-0.39, 0.29) is 18.2 Å². The zero-order valence-electron chi connectivity index (χ0n) is 20.3. The largest absolute Gasteiger partial charge is 0.309 e. The van der Waals surface area contributed by atoms with Crippen molar-refractivity contribution in [1.82, 2.24) is 35.4 Å². The number of aromatic nitrogens is 5. The molecule has 9 heteroatoms. The number of hydrogen-bond donors (Lipinski definition) is 2. The smallest absolute Gasteiger partial charge is 0.273 e. The number of para-hydroxylation sites is 1. The van der Waals surface area contributed by atoms with Crippen LogP contribution in [0.15, 0.2) is 60.7 Å². The molecule has 2 N–H and O–H groups in total. The van der Waals surface area contributed by atoms with E-state index in [1.54, 1.807) is 4.68 Å². The van der Waals surface area contributed by atoms with Crippen LogP contribution in [-0.2, 0) is 17.8 Å². The summed E-state index contributed by atoms with van der Waals surface area (Å²) in [6.07, 6.45) is 0.108. The van der Waals surface area contributed by atoms with Crippen molar-refractivity contribution in [3.8, 4) is 17.1 Å². The Balaban J connectivity index is 1.48. The molecule has 0 aliphatic carbocycles. The van der Waals surface area contributed by atoms with E-state index >= 15 is 0 Å². The highest BCUT2D eigenvalue weighted by Crippen LogP contribution is 2.21.